The number of amides is 2. The highest BCUT2D eigenvalue weighted by molar-refractivity contribution is 6.03. The van der Waals surface area contributed by atoms with Crippen LogP contribution < -0.4 is 5.32 Å². The Kier molecular flexibility index (Phi) is 3.35. The number of hydrogen-bond donors (Lipinski definition) is 2. The lowest BCUT2D eigenvalue weighted by Crippen LogP contribution is -2.42. The summed E-state index contributed by atoms with van der Waals surface area (Å²) in [6.45, 7) is 2.06. The molecule has 1 aromatic heterocycles. The van der Waals surface area contributed by atoms with E-state index in [9.17, 15) is 9.59 Å². The summed E-state index contributed by atoms with van der Waals surface area (Å²) >= 11 is 0. The highest BCUT2D eigenvalue weighted by Gasteiger charge is 2.33. The normalized spacial score (nSPS) is 14.4. The molecular weight excluding hydrogens is 282 g/mol. The highest BCUT2D eigenvalue weighted by Crippen LogP contribution is 2.24. The van der Waals surface area contributed by atoms with Crippen LogP contribution in [0.25, 0.3) is 0 Å². The van der Waals surface area contributed by atoms with Crippen molar-refractivity contribution in [3.05, 3.63) is 47.3 Å². The zero-order chi connectivity index (χ0) is 15.7. The summed E-state index contributed by atoms with van der Waals surface area (Å²) < 4.78 is 0. The molecule has 7 nitrogen and oxygen atoms in total. The molecule has 0 spiro atoms. The van der Waals surface area contributed by atoms with E-state index in [2.05, 4.69) is 15.5 Å². The largest absolute Gasteiger partial charge is 0.323 e. The summed E-state index contributed by atoms with van der Waals surface area (Å²) in [4.78, 5) is 26.2. The van der Waals surface area contributed by atoms with Crippen LogP contribution in [0.1, 0.15) is 28.5 Å². The van der Waals surface area contributed by atoms with Crippen molar-refractivity contribution < 1.29 is 9.59 Å². The molecule has 0 aliphatic carbocycles. The van der Waals surface area contributed by atoms with Crippen molar-refractivity contribution in [1.29, 1.82) is 5.26 Å². The van der Waals surface area contributed by atoms with Crippen LogP contribution in [0.15, 0.2) is 30.5 Å². The molecule has 7 heteroatoms. The van der Waals surface area contributed by atoms with E-state index in [4.69, 9.17) is 5.26 Å². The van der Waals surface area contributed by atoms with Gasteiger partial charge in [-0.3, -0.25) is 14.7 Å². The van der Waals surface area contributed by atoms with Gasteiger partial charge in [0.25, 0.3) is 5.91 Å². The number of benzene rings is 1. The molecule has 22 heavy (non-hydrogen) atoms. The van der Waals surface area contributed by atoms with Crippen molar-refractivity contribution in [1.82, 2.24) is 15.1 Å². The molecular formula is C15H13N5O2. The minimum absolute atomic E-state index is 0.161. The molecule has 1 aliphatic heterocycles. The van der Waals surface area contributed by atoms with Gasteiger partial charge in [-0.15, -0.1) is 0 Å². The molecule has 2 heterocycles. The number of carbonyl (C=O) groups excluding carboxylic acids is 2. The molecule has 0 saturated carbocycles. The van der Waals surface area contributed by atoms with Crippen LogP contribution in [0.3, 0.4) is 0 Å². The summed E-state index contributed by atoms with van der Waals surface area (Å²) in [7, 11) is 0. The van der Waals surface area contributed by atoms with Gasteiger partial charge in [-0.1, -0.05) is 18.2 Å². The van der Waals surface area contributed by atoms with Crippen LogP contribution in [-0.4, -0.2) is 33.0 Å². The third-order valence-corrected chi connectivity index (χ3v) is 3.71. The molecule has 0 unspecified atom stereocenters. The van der Waals surface area contributed by atoms with Crippen molar-refractivity contribution in [2.24, 2.45) is 0 Å². The average molecular weight is 295 g/mol. The fourth-order valence-corrected chi connectivity index (χ4v) is 2.43. The van der Waals surface area contributed by atoms with Gasteiger partial charge in [-0.2, -0.15) is 10.4 Å². The van der Waals surface area contributed by atoms with E-state index in [0.717, 1.165) is 5.56 Å². The number of nitrogens with zero attached hydrogens (tertiary/aromatic N) is 3. The summed E-state index contributed by atoms with van der Waals surface area (Å²) in [5.41, 5.74) is 2.02. The molecule has 2 aromatic rings. The first-order chi connectivity index (χ1) is 10.6. The molecule has 1 aliphatic rings. The number of H-pyrrole nitrogens is 1. The number of hydrogen-bond acceptors (Lipinski definition) is 4. The number of nitriles is 1. The zero-order valence-corrected chi connectivity index (χ0v) is 11.8. The fourth-order valence-electron chi connectivity index (χ4n) is 2.43. The van der Waals surface area contributed by atoms with E-state index in [1.165, 1.54) is 11.1 Å². The van der Waals surface area contributed by atoms with Gasteiger partial charge >= 0.3 is 0 Å². The van der Waals surface area contributed by atoms with Crippen LogP contribution in [0.2, 0.25) is 0 Å². The van der Waals surface area contributed by atoms with Gasteiger partial charge in [-0.05, 0) is 18.6 Å². The Bertz CT molecular complexity index is 789. The summed E-state index contributed by atoms with van der Waals surface area (Å²) in [6.07, 6.45) is 1.36. The highest BCUT2D eigenvalue weighted by atomic mass is 16.2. The lowest BCUT2D eigenvalue weighted by molar-refractivity contribution is -0.120. The topological polar surface area (TPSA) is 102 Å². The van der Waals surface area contributed by atoms with Crippen molar-refractivity contribution in [3.63, 3.8) is 0 Å². The standard InChI is InChI=1S/C15H13N5O2/c1-9(14(21)18-13-7-17-19-12(13)6-16)20-8-10-4-2-3-5-11(10)15(20)22/h2-5,7,9H,8H2,1H3,(H,17,19)(H,18,21)/t9-/m1/s1. The first kappa shape index (κ1) is 13.8. The first-order valence-electron chi connectivity index (χ1n) is 6.75. The Morgan fingerprint density at radius 3 is 3.00 bits per heavy atom. The Morgan fingerprint density at radius 2 is 2.27 bits per heavy atom. The molecule has 0 fully saturated rings. The van der Waals surface area contributed by atoms with E-state index >= 15 is 0 Å². The number of aromatic amines is 1. The Labute approximate surface area is 126 Å². The van der Waals surface area contributed by atoms with Gasteiger partial charge < -0.3 is 10.2 Å². The molecule has 0 saturated heterocycles. The van der Waals surface area contributed by atoms with E-state index in [-0.39, 0.29) is 17.5 Å². The summed E-state index contributed by atoms with van der Waals surface area (Å²) in [5, 5.41) is 17.7. The monoisotopic (exact) mass is 295 g/mol. The number of nitrogens with one attached hydrogen (secondary N) is 2. The minimum atomic E-state index is -0.652. The molecule has 2 N–H and O–H groups in total. The lowest BCUT2D eigenvalue weighted by Gasteiger charge is -2.23. The third kappa shape index (κ3) is 2.20. The third-order valence-electron chi connectivity index (χ3n) is 3.71. The van der Waals surface area contributed by atoms with Crippen LogP contribution in [0.5, 0.6) is 0 Å². The van der Waals surface area contributed by atoms with E-state index < -0.39 is 6.04 Å². The average Bonchev–Trinajstić information content (AvgIpc) is 3.11. The molecule has 1 aromatic carbocycles. The molecule has 0 bridgehead atoms. The van der Waals surface area contributed by atoms with Gasteiger partial charge in [-0.25, -0.2) is 0 Å². The van der Waals surface area contributed by atoms with Crippen LogP contribution >= 0.6 is 0 Å². The van der Waals surface area contributed by atoms with E-state index in [1.807, 2.05) is 18.2 Å². The molecule has 110 valence electrons. The fraction of sp³-hybridized carbons (Fsp3) is 0.200. The van der Waals surface area contributed by atoms with Gasteiger partial charge in [0.2, 0.25) is 5.91 Å². The number of aromatic nitrogens is 2. The quantitative estimate of drug-likeness (QED) is 0.890. The number of rotatable bonds is 3. The van der Waals surface area contributed by atoms with E-state index in [1.54, 1.807) is 19.1 Å². The Morgan fingerprint density at radius 1 is 1.50 bits per heavy atom. The SMILES string of the molecule is C[C@H](C(=O)Nc1cn[nH]c1C#N)N1Cc2ccccc2C1=O. The maximum atomic E-state index is 12.3. The number of fused-ring (bicyclic) bond motifs is 1. The van der Waals surface area contributed by atoms with Gasteiger partial charge in [0, 0.05) is 12.1 Å². The van der Waals surface area contributed by atoms with Crippen molar-refractivity contribution in [2.45, 2.75) is 19.5 Å². The summed E-state index contributed by atoms with van der Waals surface area (Å²) in [5.74, 6) is -0.523. The van der Waals surface area contributed by atoms with Crippen molar-refractivity contribution >= 4 is 17.5 Å². The van der Waals surface area contributed by atoms with Crippen LogP contribution in [0, 0.1) is 11.3 Å². The maximum Gasteiger partial charge on any atom is 0.255 e. The summed E-state index contributed by atoms with van der Waals surface area (Å²) in [6, 6.07) is 8.55. The van der Waals surface area contributed by atoms with E-state index in [0.29, 0.717) is 17.8 Å². The smallest absolute Gasteiger partial charge is 0.255 e. The van der Waals surface area contributed by atoms with Crippen molar-refractivity contribution in [3.8, 4) is 6.07 Å². The number of carbonyl (C=O) groups is 2. The molecule has 3 rings (SSSR count). The lowest BCUT2D eigenvalue weighted by atomic mass is 10.1. The zero-order valence-electron chi connectivity index (χ0n) is 11.8. The van der Waals surface area contributed by atoms with Gasteiger partial charge in [0.05, 0.1) is 11.9 Å². The second-order valence-corrected chi connectivity index (χ2v) is 5.03. The maximum absolute atomic E-state index is 12.3. The minimum Gasteiger partial charge on any atom is -0.323 e. The molecule has 0 radical (unpaired) electrons. The predicted molar refractivity (Wildman–Crippen MR) is 77.7 cm³/mol. The molecule has 1 atom stereocenters. The molecule has 2 amide bonds. The number of anilines is 1. The van der Waals surface area contributed by atoms with Gasteiger partial charge in [0.15, 0.2) is 5.69 Å². The Balaban J connectivity index is 1.75. The van der Waals surface area contributed by atoms with Gasteiger partial charge in [0.1, 0.15) is 12.1 Å². The van der Waals surface area contributed by atoms with Crippen molar-refractivity contribution in [2.75, 3.05) is 5.32 Å². The first-order valence-corrected chi connectivity index (χ1v) is 6.75. The Hall–Kier alpha value is -3.14. The second-order valence-electron chi connectivity index (χ2n) is 5.03. The van der Waals surface area contributed by atoms with Crippen LogP contribution in [-0.2, 0) is 11.3 Å². The predicted octanol–water partition coefficient (Wildman–Crippen LogP) is 1.26. The second kappa shape index (κ2) is 5.33. The van der Waals surface area contributed by atoms with Crippen LogP contribution in [0.4, 0.5) is 5.69 Å².